The van der Waals surface area contributed by atoms with Gasteiger partial charge in [-0.05, 0) is 37.3 Å². The van der Waals surface area contributed by atoms with Gasteiger partial charge in [0, 0.05) is 19.8 Å². The van der Waals surface area contributed by atoms with E-state index in [0.29, 0.717) is 5.69 Å². The zero-order valence-electron chi connectivity index (χ0n) is 16.1. The first-order valence-electron chi connectivity index (χ1n) is 8.56. The van der Waals surface area contributed by atoms with E-state index in [0.717, 1.165) is 21.2 Å². The highest BCUT2D eigenvalue weighted by Gasteiger charge is 2.23. The second-order valence-corrected chi connectivity index (χ2v) is 8.56. The molecule has 0 atom stereocenters. The number of carbonyl (C=O) groups is 1. The molecule has 28 heavy (non-hydrogen) atoms. The molecule has 0 radical (unpaired) electrons. The van der Waals surface area contributed by atoms with Crippen LogP contribution in [0.1, 0.15) is 5.82 Å². The first-order valence-corrected chi connectivity index (χ1v) is 10.0. The molecule has 0 aliphatic carbocycles. The van der Waals surface area contributed by atoms with Crippen LogP contribution in [0.15, 0.2) is 47.4 Å². The van der Waals surface area contributed by atoms with E-state index in [2.05, 4.69) is 10.3 Å². The Bertz CT molecular complexity index is 1140. The highest BCUT2D eigenvalue weighted by Crippen LogP contribution is 2.29. The zero-order chi connectivity index (χ0) is 20.5. The van der Waals surface area contributed by atoms with Crippen molar-refractivity contribution in [3.8, 4) is 5.75 Å². The molecule has 3 aromatic rings. The van der Waals surface area contributed by atoms with Crippen molar-refractivity contribution in [1.82, 2.24) is 13.9 Å². The molecule has 3 rings (SSSR count). The summed E-state index contributed by atoms with van der Waals surface area (Å²) in [6.45, 7) is 1.90. The summed E-state index contributed by atoms with van der Waals surface area (Å²) in [6.07, 6.45) is 0. The van der Waals surface area contributed by atoms with Crippen LogP contribution in [-0.2, 0) is 21.4 Å². The van der Waals surface area contributed by atoms with E-state index in [1.54, 1.807) is 6.07 Å². The Morgan fingerprint density at radius 3 is 2.61 bits per heavy atom. The molecule has 0 saturated carbocycles. The number of methoxy groups -OCH3 is 1. The van der Waals surface area contributed by atoms with E-state index in [9.17, 15) is 13.2 Å². The van der Waals surface area contributed by atoms with Crippen LogP contribution in [-0.4, -0.2) is 49.4 Å². The minimum atomic E-state index is -3.72. The smallest absolute Gasteiger partial charge is 0.246 e. The number of sulfonamides is 1. The number of nitrogens with one attached hydrogen (secondary N) is 1. The van der Waals surface area contributed by atoms with Crippen molar-refractivity contribution in [3.05, 3.63) is 48.3 Å². The number of benzene rings is 2. The Morgan fingerprint density at radius 2 is 1.93 bits per heavy atom. The number of anilines is 1. The van der Waals surface area contributed by atoms with Gasteiger partial charge in [0.15, 0.2) is 0 Å². The predicted octanol–water partition coefficient (Wildman–Crippen LogP) is 2.24. The molecule has 0 aliphatic rings. The summed E-state index contributed by atoms with van der Waals surface area (Å²) in [5, 5.41) is 2.75. The SMILES string of the molecule is COc1ccc(NC(=O)Cn2c(C)nc3ccccc32)cc1S(=O)(=O)N(C)C. The van der Waals surface area contributed by atoms with Crippen LogP contribution in [0.3, 0.4) is 0 Å². The molecular formula is C19H22N4O4S. The molecule has 0 spiro atoms. The zero-order valence-corrected chi connectivity index (χ0v) is 16.9. The van der Waals surface area contributed by atoms with Gasteiger partial charge in [-0.2, -0.15) is 0 Å². The summed E-state index contributed by atoms with van der Waals surface area (Å²) in [7, 11) is 0.551. The highest BCUT2D eigenvalue weighted by atomic mass is 32.2. The maximum absolute atomic E-state index is 12.6. The monoisotopic (exact) mass is 402 g/mol. The van der Waals surface area contributed by atoms with Gasteiger partial charge in [0.05, 0.1) is 18.1 Å². The Balaban J connectivity index is 1.87. The molecule has 2 aromatic carbocycles. The minimum absolute atomic E-state index is 0.0120. The molecule has 1 aromatic heterocycles. The maximum atomic E-state index is 12.6. The fourth-order valence-electron chi connectivity index (χ4n) is 2.89. The number of nitrogens with zero attached hydrogens (tertiary/aromatic N) is 3. The Kier molecular flexibility index (Phi) is 5.39. The molecule has 0 unspecified atom stereocenters. The number of aromatic nitrogens is 2. The quantitative estimate of drug-likeness (QED) is 0.683. The number of hydrogen-bond donors (Lipinski definition) is 1. The van der Waals surface area contributed by atoms with Crippen LogP contribution in [0.25, 0.3) is 11.0 Å². The Morgan fingerprint density at radius 1 is 1.21 bits per heavy atom. The number of hydrogen-bond acceptors (Lipinski definition) is 5. The van der Waals surface area contributed by atoms with E-state index < -0.39 is 10.0 Å². The predicted molar refractivity (Wildman–Crippen MR) is 107 cm³/mol. The van der Waals surface area contributed by atoms with Gasteiger partial charge in [0.1, 0.15) is 23.0 Å². The van der Waals surface area contributed by atoms with E-state index in [1.807, 2.05) is 35.8 Å². The fraction of sp³-hybridized carbons (Fsp3) is 0.263. The lowest BCUT2D eigenvalue weighted by molar-refractivity contribution is -0.116. The first-order chi connectivity index (χ1) is 13.2. The number of aryl methyl sites for hydroxylation is 1. The second kappa shape index (κ2) is 7.61. The topological polar surface area (TPSA) is 93.5 Å². The van der Waals surface area contributed by atoms with Crippen LogP contribution in [0.5, 0.6) is 5.75 Å². The minimum Gasteiger partial charge on any atom is -0.495 e. The second-order valence-electron chi connectivity index (χ2n) is 6.44. The molecule has 0 aliphatic heterocycles. The largest absolute Gasteiger partial charge is 0.495 e. The van der Waals surface area contributed by atoms with Crippen molar-refractivity contribution < 1.29 is 17.9 Å². The van der Waals surface area contributed by atoms with E-state index in [4.69, 9.17) is 4.74 Å². The van der Waals surface area contributed by atoms with Crippen molar-refractivity contribution in [2.45, 2.75) is 18.4 Å². The third-order valence-corrected chi connectivity index (χ3v) is 6.19. The number of ether oxygens (including phenoxy) is 1. The molecule has 148 valence electrons. The molecule has 0 fully saturated rings. The van der Waals surface area contributed by atoms with Crippen molar-refractivity contribution in [1.29, 1.82) is 0 Å². The van der Waals surface area contributed by atoms with Crippen LogP contribution < -0.4 is 10.1 Å². The van der Waals surface area contributed by atoms with Crippen LogP contribution in [0.2, 0.25) is 0 Å². The van der Waals surface area contributed by atoms with Gasteiger partial charge < -0.3 is 14.6 Å². The summed E-state index contributed by atoms with van der Waals surface area (Å²) in [6, 6.07) is 12.1. The number of fused-ring (bicyclic) bond motifs is 1. The van der Waals surface area contributed by atoms with Gasteiger partial charge >= 0.3 is 0 Å². The summed E-state index contributed by atoms with van der Waals surface area (Å²) in [5.41, 5.74) is 2.05. The van der Waals surface area contributed by atoms with Crippen LogP contribution in [0, 0.1) is 6.92 Å². The van der Waals surface area contributed by atoms with E-state index >= 15 is 0 Å². The number of imidazole rings is 1. The molecule has 9 heteroatoms. The van der Waals surface area contributed by atoms with E-state index in [1.165, 1.54) is 33.3 Å². The average molecular weight is 402 g/mol. The van der Waals surface area contributed by atoms with Crippen LogP contribution in [0.4, 0.5) is 5.69 Å². The van der Waals surface area contributed by atoms with Gasteiger partial charge in [0.25, 0.3) is 0 Å². The molecule has 8 nitrogen and oxygen atoms in total. The van der Waals surface area contributed by atoms with Crippen molar-refractivity contribution in [3.63, 3.8) is 0 Å². The molecule has 1 amide bonds. The number of para-hydroxylation sites is 2. The number of rotatable bonds is 6. The lowest BCUT2D eigenvalue weighted by atomic mass is 10.3. The van der Waals surface area contributed by atoms with Crippen molar-refractivity contribution >= 4 is 32.7 Å². The van der Waals surface area contributed by atoms with Gasteiger partial charge in [-0.15, -0.1) is 0 Å². The normalized spacial score (nSPS) is 11.8. The Hall–Kier alpha value is -2.91. The lowest BCUT2D eigenvalue weighted by Gasteiger charge is -2.16. The summed E-state index contributed by atoms with van der Waals surface area (Å²) in [5.74, 6) is 0.648. The molecule has 0 saturated heterocycles. The maximum Gasteiger partial charge on any atom is 0.246 e. The van der Waals surface area contributed by atoms with Gasteiger partial charge in [-0.1, -0.05) is 12.1 Å². The van der Waals surface area contributed by atoms with Crippen molar-refractivity contribution in [2.24, 2.45) is 0 Å². The third kappa shape index (κ3) is 3.71. The molecule has 1 N–H and O–H groups in total. The third-order valence-electron chi connectivity index (χ3n) is 4.35. The average Bonchev–Trinajstić information content (AvgIpc) is 2.97. The van der Waals surface area contributed by atoms with E-state index in [-0.39, 0.29) is 23.1 Å². The fourth-order valence-corrected chi connectivity index (χ4v) is 3.97. The number of carbonyl (C=O) groups excluding carboxylic acids is 1. The van der Waals surface area contributed by atoms with Gasteiger partial charge in [0.2, 0.25) is 15.9 Å². The van der Waals surface area contributed by atoms with Crippen molar-refractivity contribution in [2.75, 3.05) is 26.5 Å². The summed E-state index contributed by atoms with van der Waals surface area (Å²) in [4.78, 5) is 17.0. The van der Waals surface area contributed by atoms with Gasteiger partial charge in [-0.3, -0.25) is 4.79 Å². The van der Waals surface area contributed by atoms with Gasteiger partial charge in [-0.25, -0.2) is 17.7 Å². The highest BCUT2D eigenvalue weighted by molar-refractivity contribution is 7.89. The standard InChI is InChI=1S/C19H22N4O4S/c1-13-20-15-7-5-6-8-16(15)23(13)12-19(24)21-14-9-10-17(27-4)18(11-14)28(25,26)22(2)3/h5-11H,12H2,1-4H3,(H,21,24). The number of amides is 1. The summed E-state index contributed by atoms with van der Waals surface area (Å²) < 4.78 is 33.1. The van der Waals surface area contributed by atoms with Crippen LogP contribution >= 0.6 is 0 Å². The Labute approximate surface area is 163 Å². The molecule has 1 heterocycles. The molecule has 0 bridgehead atoms. The lowest BCUT2D eigenvalue weighted by Crippen LogP contribution is -2.23. The first kappa shape index (κ1) is 19.8. The summed E-state index contributed by atoms with van der Waals surface area (Å²) >= 11 is 0. The molecular weight excluding hydrogens is 380 g/mol.